The zero-order valence-corrected chi connectivity index (χ0v) is 41.4. The molecule has 2 rings (SSSR count). The van der Waals surface area contributed by atoms with Crippen LogP contribution in [0.1, 0.15) is 200 Å². The molecule has 0 saturated carbocycles. The van der Waals surface area contributed by atoms with Gasteiger partial charge in [0.1, 0.15) is 55.4 Å². The number of aliphatic hydroxyl groups excluding tert-OH is 7. The van der Waals surface area contributed by atoms with Gasteiger partial charge in [-0.25, -0.2) is 0 Å². The second-order valence-corrected chi connectivity index (χ2v) is 18.7. The van der Waals surface area contributed by atoms with E-state index in [1.165, 1.54) is 96.3 Å². The van der Waals surface area contributed by atoms with E-state index in [1.54, 1.807) is 0 Å². The number of hydrogen-bond acceptors (Lipinski definition) is 15. The number of carbonyl (C=O) groups is 2. The normalized spacial score (nSPS) is 26.1. The van der Waals surface area contributed by atoms with E-state index in [-0.39, 0.29) is 26.1 Å². The number of allylic oxidation sites excluding steroid dienone is 4. The number of aliphatic hydroxyl groups is 7. The molecule has 15 nitrogen and oxygen atoms in total. The van der Waals surface area contributed by atoms with Gasteiger partial charge in [-0.2, -0.15) is 0 Å². The molecular formula is C52H94O15. The molecular weight excluding hydrogens is 865 g/mol. The third-order valence-corrected chi connectivity index (χ3v) is 12.7. The van der Waals surface area contributed by atoms with Crippen LogP contribution in [0.25, 0.3) is 0 Å². The lowest BCUT2D eigenvalue weighted by atomic mass is 9.98. The second kappa shape index (κ2) is 39.7. The minimum atomic E-state index is -1.76. The van der Waals surface area contributed by atoms with E-state index in [4.69, 9.17) is 28.4 Å². The van der Waals surface area contributed by atoms with Crippen molar-refractivity contribution in [2.45, 2.75) is 268 Å². The summed E-state index contributed by atoms with van der Waals surface area (Å²) in [7, 11) is 0. The highest BCUT2D eigenvalue weighted by atomic mass is 16.7. The van der Waals surface area contributed by atoms with Gasteiger partial charge >= 0.3 is 11.9 Å². The molecule has 0 aromatic carbocycles. The minimum absolute atomic E-state index is 0.159. The first-order valence-corrected chi connectivity index (χ1v) is 26.4. The topological polar surface area (TPSA) is 231 Å². The van der Waals surface area contributed by atoms with Crippen molar-refractivity contribution in [3.63, 3.8) is 0 Å². The third kappa shape index (κ3) is 27.8. The van der Waals surface area contributed by atoms with Crippen molar-refractivity contribution in [1.29, 1.82) is 0 Å². The Bertz CT molecular complexity index is 1270. The van der Waals surface area contributed by atoms with Crippen LogP contribution in [0.15, 0.2) is 24.3 Å². The Hall–Kier alpha value is -2.02. The van der Waals surface area contributed by atoms with Crippen molar-refractivity contribution in [2.75, 3.05) is 26.4 Å². The molecule has 4 unspecified atom stereocenters. The highest BCUT2D eigenvalue weighted by molar-refractivity contribution is 5.70. The molecule has 11 atom stereocenters. The van der Waals surface area contributed by atoms with Crippen molar-refractivity contribution >= 4 is 11.9 Å². The molecule has 0 radical (unpaired) electrons. The van der Waals surface area contributed by atoms with Crippen LogP contribution in [0.2, 0.25) is 0 Å². The highest BCUT2D eigenvalue weighted by Gasteiger charge is 2.47. The fraction of sp³-hybridized carbons (Fsp3) is 0.885. The van der Waals surface area contributed by atoms with Gasteiger partial charge in [-0.15, -0.1) is 0 Å². The molecule has 15 heteroatoms. The summed E-state index contributed by atoms with van der Waals surface area (Å²) in [5.74, 6) is -0.926. The van der Waals surface area contributed by atoms with Gasteiger partial charge in [0.2, 0.25) is 0 Å². The maximum Gasteiger partial charge on any atom is 0.306 e. The second-order valence-electron chi connectivity index (χ2n) is 18.7. The number of ether oxygens (including phenoxy) is 6. The van der Waals surface area contributed by atoms with Gasteiger partial charge in [-0.1, -0.05) is 167 Å². The van der Waals surface area contributed by atoms with E-state index in [9.17, 15) is 45.3 Å². The number of rotatable bonds is 41. The van der Waals surface area contributed by atoms with Crippen LogP contribution < -0.4 is 0 Å². The van der Waals surface area contributed by atoms with Crippen molar-refractivity contribution in [1.82, 2.24) is 0 Å². The Morgan fingerprint density at radius 2 is 0.896 bits per heavy atom. The monoisotopic (exact) mass is 959 g/mol. The first-order valence-electron chi connectivity index (χ1n) is 26.4. The molecule has 67 heavy (non-hydrogen) atoms. The summed E-state index contributed by atoms with van der Waals surface area (Å²) in [4.78, 5) is 25.8. The fourth-order valence-electron chi connectivity index (χ4n) is 8.31. The van der Waals surface area contributed by atoms with Crippen LogP contribution in [0.3, 0.4) is 0 Å². The number of hydrogen-bond donors (Lipinski definition) is 7. The summed E-state index contributed by atoms with van der Waals surface area (Å²) in [5.41, 5.74) is 0. The number of esters is 2. The Balaban J connectivity index is 1.80. The minimum Gasteiger partial charge on any atom is -0.462 e. The Labute approximate surface area is 403 Å². The number of carbonyl (C=O) groups excluding carboxylic acids is 2. The van der Waals surface area contributed by atoms with E-state index >= 15 is 0 Å². The van der Waals surface area contributed by atoms with Gasteiger partial charge in [0.25, 0.3) is 0 Å². The van der Waals surface area contributed by atoms with E-state index in [2.05, 4.69) is 38.2 Å². The van der Waals surface area contributed by atoms with Crippen molar-refractivity contribution in [2.24, 2.45) is 0 Å². The smallest absolute Gasteiger partial charge is 0.306 e. The molecule has 392 valence electrons. The van der Waals surface area contributed by atoms with Crippen molar-refractivity contribution < 1.29 is 73.8 Å². The molecule has 0 aliphatic carbocycles. The van der Waals surface area contributed by atoms with Gasteiger partial charge in [-0.3, -0.25) is 9.59 Å². The van der Waals surface area contributed by atoms with E-state index in [0.29, 0.717) is 12.8 Å². The molecule has 7 N–H and O–H groups in total. The fourth-order valence-corrected chi connectivity index (χ4v) is 8.31. The van der Waals surface area contributed by atoms with Crippen LogP contribution in [-0.2, 0) is 38.0 Å². The quantitative estimate of drug-likeness (QED) is 0.0178. The average Bonchev–Trinajstić information content (AvgIpc) is 3.32. The molecule has 0 aromatic rings. The molecule has 0 amide bonds. The summed E-state index contributed by atoms with van der Waals surface area (Å²) in [6.45, 7) is 2.57. The van der Waals surface area contributed by atoms with Gasteiger partial charge in [0.15, 0.2) is 18.7 Å². The van der Waals surface area contributed by atoms with Crippen LogP contribution in [0, 0.1) is 0 Å². The zero-order chi connectivity index (χ0) is 48.9. The maximum atomic E-state index is 13.0. The van der Waals surface area contributed by atoms with E-state index in [0.717, 1.165) is 64.2 Å². The van der Waals surface area contributed by atoms with Gasteiger partial charge in [0.05, 0.1) is 19.8 Å². The van der Waals surface area contributed by atoms with Crippen molar-refractivity contribution in [3.8, 4) is 0 Å². The molecule has 2 aliphatic heterocycles. The average molecular weight is 959 g/mol. The highest BCUT2D eigenvalue weighted by Crippen LogP contribution is 2.26. The lowest BCUT2D eigenvalue weighted by Gasteiger charge is -2.42. The Morgan fingerprint density at radius 1 is 0.478 bits per heavy atom. The van der Waals surface area contributed by atoms with Crippen LogP contribution in [-0.4, -0.2) is 142 Å². The van der Waals surface area contributed by atoms with Gasteiger partial charge in [0, 0.05) is 12.8 Å². The first-order chi connectivity index (χ1) is 32.5. The summed E-state index contributed by atoms with van der Waals surface area (Å²) >= 11 is 0. The molecule has 2 aliphatic rings. The number of unbranched alkanes of at least 4 members (excludes halogenated alkanes) is 23. The first kappa shape index (κ1) is 61.1. The van der Waals surface area contributed by atoms with Crippen LogP contribution >= 0.6 is 0 Å². The van der Waals surface area contributed by atoms with Crippen LogP contribution in [0.5, 0.6) is 0 Å². The Kier molecular flexibility index (Phi) is 36.2. The van der Waals surface area contributed by atoms with Gasteiger partial charge < -0.3 is 64.2 Å². The summed E-state index contributed by atoms with van der Waals surface area (Å²) in [5, 5.41) is 72.1. The molecule has 2 heterocycles. The zero-order valence-electron chi connectivity index (χ0n) is 41.4. The molecule has 0 spiro atoms. The summed E-state index contributed by atoms with van der Waals surface area (Å²) in [6, 6.07) is 0. The third-order valence-electron chi connectivity index (χ3n) is 12.7. The standard InChI is InChI=1S/C52H94O15/c1-3-5-7-9-11-13-15-17-19-20-21-23-25-27-29-31-33-35-44(55)65-40(37-62-43(54)34-32-30-28-26-24-22-18-16-14-12-10-8-6-4-2)38-63-51-50(61)48(59)46(57)42(67-51)39-64-52-49(60)47(58)45(56)41(36-53)66-52/h11,13,17,19,40-42,45-53,56-61H,3-10,12,14-16,18,20-39H2,1-2H3/b13-11+,19-17+/t40-,41+,42+,45-,46-,47?,48?,49?,50?,51+,52+/m1/s1. The Morgan fingerprint density at radius 3 is 1.42 bits per heavy atom. The predicted molar refractivity (Wildman–Crippen MR) is 257 cm³/mol. The van der Waals surface area contributed by atoms with Crippen LogP contribution in [0.4, 0.5) is 0 Å². The molecule has 2 saturated heterocycles. The summed E-state index contributed by atoms with van der Waals surface area (Å²) in [6.07, 6.45) is 23.4. The largest absolute Gasteiger partial charge is 0.462 e. The predicted octanol–water partition coefficient (Wildman–Crippen LogP) is 7.55. The van der Waals surface area contributed by atoms with Crippen molar-refractivity contribution in [3.05, 3.63) is 24.3 Å². The molecule has 0 bridgehead atoms. The lowest BCUT2D eigenvalue weighted by Crippen LogP contribution is -2.61. The van der Waals surface area contributed by atoms with E-state index < -0.39 is 92.7 Å². The molecule has 2 fully saturated rings. The molecule has 0 aromatic heterocycles. The van der Waals surface area contributed by atoms with E-state index in [1.807, 2.05) is 0 Å². The maximum absolute atomic E-state index is 13.0. The lowest BCUT2D eigenvalue weighted by molar-refractivity contribution is -0.332. The SMILES string of the molecule is CCCCC/C=C/C/C=C/CCCCCCCCCC(=O)O[C@H](COC(=O)CCCCCCCCCCCCCCCC)CO[C@H]1O[C@@H](CO[C@H]2O[C@@H](CO)[C@@H](O)C(O)C2O)[C@@H](O)C(O)C1O. The van der Waals surface area contributed by atoms with Gasteiger partial charge in [-0.05, 0) is 44.9 Å². The summed E-state index contributed by atoms with van der Waals surface area (Å²) < 4.78 is 33.6.